The van der Waals surface area contributed by atoms with E-state index in [9.17, 15) is 14.4 Å². The lowest BCUT2D eigenvalue weighted by Crippen LogP contribution is -2.45. The third-order valence-corrected chi connectivity index (χ3v) is 4.86. The molecule has 1 saturated heterocycles. The minimum atomic E-state index is -1.25. The highest BCUT2D eigenvalue weighted by atomic mass is 16.7. The fourth-order valence-electron chi connectivity index (χ4n) is 3.38. The Morgan fingerprint density at radius 3 is 2.52 bits per heavy atom. The summed E-state index contributed by atoms with van der Waals surface area (Å²) in [6.07, 6.45) is 1.64. The molecule has 2 aliphatic rings. The van der Waals surface area contributed by atoms with Gasteiger partial charge in [0.2, 0.25) is 12.7 Å². The Morgan fingerprint density at radius 2 is 1.85 bits per heavy atom. The number of imide groups is 1. The van der Waals surface area contributed by atoms with Crippen molar-refractivity contribution in [2.24, 2.45) is 0 Å². The molecule has 1 fully saturated rings. The third kappa shape index (κ3) is 3.43. The van der Waals surface area contributed by atoms with Crippen molar-refractivity contribution in [1.82, 2.24) is 15.1 Å². The van der Waals surface area contributed by atoms with Gasteiger partial charge in [0, 0.05) is 13.1 Å². The van der Waals surface area contributed by atoms with E-state index in [-0.39, 0.29) is 19.2 Å². The van der Waals surface area contributed by atoms with Crippen LogP contribution in [0.1, 0.15) is 39.2 Å². The molecule has 1 atom stereocenters. The summed E-state index contributed by atoms with van der Waals surface area (Å²) < 4.78 is 10.6. The first-order valence-electron chi connectivity index (χ1n) is 9.22. The molecule has 0 saturated carbocycles. The molecule has 4 amide bonds. The number of carbonyl (C=O) groups excluding carboxylic acids is 3. The maximum absolute atomic E-state index is 13.0. The molecular weight excluding hydrogens is 350 g/mol. The van der Waals surface area contributed by atoms with Gasteiger partial charge in [-0.15, -0.1) is 0 Å². The fourth-order valence-corrected chi connectivity index (χ4v) is 3.38. The van der Waals surface area contributed by atoms with Crippen LogP contribution in [-0.2, 0) is 15.1 Å². The third-order valence-electron chi connectivity index (χ3n) is 4.86. The minimum Gasteiger partial charge on any atom is -0.454 e. The topological polar surface area (TPSA) is 88.2 Å². The number of ether oxygens (including phenoxy) is 2. The second-order valence-corrected chi connectivity index (χ2v) is 6.90. The van der Waals surface area contributed by atoms with E-state index in [1.807, 2.05) is 13.8 Å². The van der Waals surface area contributed by atoms with Gasteiger partial charge >= 0.3 is 6.03 Å². The first-order valence-corrected chi connectivity index (χ1v) is 9.22. The maximum Gasteiger partial charge on any atom is 0.325 e. The highest BCUT2D eigenvalue weighted by Crippen LogP contribution is 2.37. The summed E-state index contributed by atoms with van der Waals surface area (Å²) in [5.41, 5.74) is -0.669. The van der Waals surface area contributed by atoms with Gasteiger partial charge in [0.15, 0.2) is 11.5 Å². The Kier molecular flexibility index (Phi) is 5.25. The number of hydrogen-bond donors (Lipinski definition) is 1. The van der Waals surface area contributed by atoms with Crippen molar-refractivity contribution in [3.8, 4) is 11.5 Å². The number of hydrogen-bond acceptors (Lipinski definition) is 5. The van der Waals surface area contributed by atoms with Gasteiger partial charge in [0.05, 0.1) is 0 Å². The van der Waals surface area contributed by atoms with E-state index < -0.39 is 17.5 Å². The van der Waals surface area contributed by atoms with Gasteiger partial charge < -0.3 is 19.7 Å². The van der Waals surface area contributed by atoms with Crippen LogP contribution in [0.2, 0.25) is 0 Å². The SMILES string of the molecule is CCCN(CCC)C(=O)CN1C(=O)N[C@@](C)(c2ccc3c(c2)OCO3)C1=O. The van der Waals surface area contributed by atoms with Crippen molar-refractivity contribution < 1.29 is 23.9 Å². The average molecular weight is 375 g/mol. The zero-order chi connectivity index (χ0) is 19.6. The van der Waals surface area contributed by atoms with E-state index >= 15 is 0 Å². The van der Waals surface area contributed by atoms with Gasteiger partial charge in [-0.3, -0.25) is 14.5 Å². The quantitative estimate of drug-likeness (QED) is 0.735. The molecule has 3 rings (SSSR count). The number of urea groups is 1. The highest BCUT2D eigenvalue weighted by Gasteiger charge is 2.50. The Labute approximate surface area is 158 Å². The second-order valence-electron chi connectivity index (χ2n) is 6.90. The zero-order valence-electron chi connectivity index (χ0n) is 15.9. The molecule has 0 aliphatic carbocycles. The van der Waals surface area contributed by atoms with Crippen molar-refractivity contribution >= 4 is 17.8 Å². The zero-order valence-corrected chi connectivity index (χ0v) is 15.9. The van der Waals surface area contributed by atoms with Crippen LogP contribution >= 0.6 is 0 Å². The molecule has 0 spiro atoms. The first kappa shape index (κ1) is 19.0. The molecule has 2 aliphatic heterocycles. The average Bonchev–Trinajstić information content (AvgIpc) is 3.20. The molecule has 8 heteroatoms. The first-order chi connectivity index (χ1) is 12.9. The summed E-state index contributed by atoms with van der Waals surface area (Å²) in [6.45, 7) is 6.68. The van der Waals surface area contributed by atoms with E-state index in [2.05, 4.69) is 5.32 Å². The van der Waals surface area contributed by atoms with Gasteiger partial charge in [-0.2, -0.15) is 0 Å². The molecule has 2 heterocycles. The predicted molar refractivity (Wildman–Crippen MR) is 97.3 cm³/mol. The van der Waals surface area contributed by atoms with Crippen LogP contribution in [0, 0.1) is 0 Å². The van der Waals surface area contributed by atoms with Crippen molar-refractivity contribution in [1.29, 1.82) is 0 Å². The standard InChI is InChI=1S/C19H25N3O5/c1-4-8-21(9-5-2)16(23)11-22-17(24)19(3,20-18(22)25)13-6-7-14-15(10-13)27-12-26-14/h6-7,10H,4-5,8-9,11-12H2,1-3H3,(H,20,25)/t19-/m0/s1. The van der Waals surface area contributed by atoms with Gasteiger partial charge in [0.25, 0.3) is 5.91 Å². The molecule has 0 unspecified atom stereocenters. The van der Waals surface area contributed by atoms with Crippen LogP contribution in [0.3, 0.4) is 0 Å². The van der Waals surface area contributed by atoms with Crippen molar-refractivity contribution in [2.45, 2.75) is 39.2 Å². The summed E-state index contributed by atoms with van der Waals surface area (Å²) >= 11 is 0. The van der Waals surface area contributed by atoms with E-state index in [1.165, 1.54) is 0 Å². The number of rotatable bonds is 7. The summed E-state index contributed by atoms with van der Waals surface area (Å²) in [6, 6.07) is 4.55. The lowest BCUT2D eigenvalue weighted by molar-refractivity contribution is -0.139. The van der Waals surface area contributed by atoms with Crippen LogP contribution in [0.25, 0.3) is 0 Å². The van der Waals surface area contributed by atoms with E-state index in [0.717, 1.165) is 17.7 Å². The molecule has 146 valence electrons. The monoisotopic (exact) mass is 375 g/mol. The van der Waals surface area contributed by atoms with Crippen LogP contribution in [0.5, 0.6) is 11.5 Å². The largest absolute Gasteiger partial charge is 0.454 e. The fraction of sp³-hybridized carbons (Fsp3) is 0.526. The predicted octanol–water partition coefficient (Wildman–Crippen LogP) is 1.83. The van der Waals surface area contributed by atoms with Gasteiger partial charge in [-0.05, 0) is 37.5 Å². The van der Waals surface area contributed by atoms with Crippen LogP contribution in [0.15, 0.2) is 18.2 Å². The van der Waals surface area contributed by atoms with Crippen molar-refractivity contribution in [2.75, 3.05) is 26.4 Å². The molecule has 27 heavy (non-hydrogen) atoms. The molecular formula is C19H25N3O5. The Hall–Kier alpha value is -2.77. The number of fused-ring (bicyclic) bond motifs is 1. The highest BCUT2D eigenvalue weighted by molar-refractivity contribution is 6.09. The maximum atomic E-state index is 13.0. The van der Waals surface area contributed by atoms with Gasteiger partial charge in [-0.1, -0.05) is 19.9 Å². The number of amides is 4. The molecule has 0 radical (unpaired) electrons. The summed E-state index contributed by atoms with van der Waals surface area (Å²) in [5.74, 6) is 0.452. The number of carbonyl (C=O) groups is 3. The number of nitrogens with one attached hydrogen (secondary N) is 1. The van der Waals surface area contributed by atoms with Gasteiger partial charge in [0.1, 0.15) is 12.1 Å². The minimum absolute atomic E-state index is 0.126. The second kappa shape index (κ2) is 7.46. The molecule has 1 aromatic carbocycles. The van der Waals surface area contributed by atoms with Crippen LogP contribution < -0.4 is 14.8 Å². The Bertz CT molecular complexity index is 760. The number of benzene rings is 1. The summed E-state index contributed by atoms with van der Waals surface area (Å²) in [5, 5.41) is 2.72. The number of nitrogens with zero attached hydrogens (tertiary/aromatic N) is 2. The lowest BCUT2D eigenvalue weighted by atomic mass is 9.91. The van der Waals surface area contributed by atoms with Crippen molar-refractivity contribution in [3.05, 3.63) is 23.8 Å². The molecule has 1 aromatic rings. The molecule has 8 nitrogen and oxygen atoms in total. The summed E-state index contributed by atoms with van der Waals surface area (Å²) in [7, 11) is 0. The summed E-state index contributed by atoms with van der Waals surface area (Å²) in [4.78, 5) is 40.7. The van der Waals surface area contributed by atoms with Crippen LogP contribution in [0.4, 0.5) is 4.79 Å². The normalized spacial score (nSPS) is 20.8. The van der Waals surface area contributed by atoms with Crippen molar-refractivity contribution in [3.63, 3.8) is 0 Å². The molecule has 0 aromatic heterocycles. The van der Waals surface area contributed by atoms with Gasteiger partial charge in [-0.25, -0.2) is 4.79 Å². The van der Waals surface area contributed by atoms with E-state index in [1.54, 1.807) is 30.0 Å². The smallest absolute Gasteiger partial charge is 0.325 e. The van der Waals surface area contributed by atoms with Crippen LogP contribution in [-0.4, -0.2) is 54.1 Å². The van der Waals surface area contributed by atoms with E-state index in [4.69, 9.17) is 9.47 Å². The Balaban J connectivity index is 1.79. The molecule has 1 N–H and O–H groups in total. The molecule has 0 bridgehead atoms. The lowest BCUT2D eigenvalue weighted by Gasteiger charge is -2.25. The Morgan fingerprint density at radius 1 is 1.19 bits per heavy atom. The van der Waals surface area contributed by atoms with E-state index in [0.29, 0.717) is 30.2 Å².